The van der Waals surface area contributed by atoms with Crippen LogP contribution in [0.5, 0.6) is 0 Å². The Hall–Kier alpha value is -1.66. The van der Waals surface area contributed by atoms with Gasteiger partial charge in [-0.1, -0.05) is 26.0 Å². The molecule has 152 valence electrons. The van der Waals surface area contributed by atoms with Crippen LogP contribution < -0.4 is 11.1 Å². The maximum absolute atomic E-state index is 12.9. The minimum Gasteiger partial charge on any atom is -0.352 e. The van der Waals surface area contributed by atoms with Crippen LogP contribution in [0.2, 0.25) is 0 Å². The highest BCUT2D eigenvalue weighted by Crippen LogP contribution is 2.30. The highest BCUT2D eigenvalue weighted by atomic mass is 35.5. The summed E-state index contributed by atoms with van der Waals surface area (Å²) >= 11 is 0. The predicted octanol–water partition coefficient (Wildman–Crippen LogP) is 2.87. The largest absolute Gasteiger partial charge is 0.352 e. The molecule has 3 N–H and O–H groups in total. The number of piperidine rings is 1. The molecule has 0 spiro atoms. The van der Waals surface area contributed by atoms with Gasteiger partial charge in [-0.05, 0) is 43.4 Å². The number of benzene rings is 1. The third-order valence-electron chi connectivity index (χ3n) is 5.73. The molecule has 5 nitrogen and oxygen atoms in total. The average Bonchev–Trinajstić information content (AvgIpc) is 2.69. The molecule has 1 aromatic rings. The zero-order valence-corrected chi connectivity index (χ0v) is 17.0. The Balaban J connectivity index is 0.00000364. The second kappa shape index (κ2) is 10.6. The third-order valence-corrected chi connectivity index (χ3v) is 5.73. The van der Waals surface area contributed by atoms with Gasteiger partial charge in [0.05, 0.1) is 5.41 Å². The van der Waals surface area contributed by atoms with Crippen LogP contribution in [0.4, 0.5) is 4.39 Å². The zero-order chi connectivity index (χ0) is 19.2. The van der Waals surface area contributed by atoms with Crippen molar-refractivity contribution in [2.75, 3.05) is 19.6 Å². The number of nitrogens with one attached hydrogen (secondary N) is 1. The van der Waals surface area contributed by atoms with Gasteiger partial charge >= 0.3 is 0 Å². The number of hydrogen-bond acceptors (Lipinski definition) is 3. The maximum atomic E-state index is 12.9. The molecule has 0 radical (unpaired) electrons. The Morgan fingerprint density at radius 3 is 2.22 bits per heavy atom. The van der Waals surface area contributed by atoms with Gasteiger partial charge in [-0.25, -0.2) is 4.39 Å². The summed E-state index contributed by atoms with van der Waals surface area (Å²) < 4.78 is 12.9. The number of carbonyl (C=O) groups excluding carboxylic acids is 2. The lowest BCUT2D eigenvalue weighted by molar-refractivity contribution is -0.145. The monoisotopic (exact) mass is 399 g/mol. The first-order chi connectivity index (χ1) is 12.5. The first-order valence-corrected chi connectivity index (χ1v) is 9.47. The van der Waals surface area contributed by atoms with Gasteiger partial charge in [0.1, 0.15) is 5.82 Å². The second-order valence-corrected chi connectivity index (χ2v) is 7.10. The van der Waals surface area contributed by atoms with Gasteiger partial charge in [-0.2, -0.15) is 0 Å². The van der Waals surface area contributed by atoms with Crippen molar-refractivity contribution in [1.82, 2.24) is 10.2 Å². The lowest BCUT2D eigenvalue weighted by atomic mass is 9.80. The average molecular weight is 400 g/mol. The molecule has 2 rings (SSSR count). The zero-order valence-electron chi connectivity index (χ0n) is 16.2. The van der Waals surface area contributed by atoms with Crippen molar-refractivity contribution >= 4 is 24.2 Å². The molecular formula is C20H31ClFN3O2. The molecule has 7 heteroatoms. The van der Waals surface area contributed by atoms with Gasteiger partial charge in [-0.3, -0.25) is 9.59 Å². The number of rotatable bonds is 7. The number of carbonyl (C=O) groups is 2. The van der Waals surface area contributed by atoms with E-state index in [1.165, 1.54) is 12.1 Å². The van der Waals surface area contributed by atoms with Gasteiger partial charge in [0.15, 0.2) is 0 Å². The van der Waals surface area contributed by atoms with E-state index in [0.717, 1.165) is 18.4 Å². The topological polar surface area (TPSA) is 75.4 Å². The lowest BCUT2D eigenvalue weighted by Gasteiger charge is -2.38. The van der Waals surface area contributed by atoms with E-state index in [4.69, 9.17) is 5.73 Å². The fourth-order valence-electron chi connectivity index (χ4n) is 3.54. The summed E-state index contributed by atoms with van der Waals surface area (Å²) in [6.07, 6.45) is 2.79. The minimum atomic E-state index is -0.475. The Kier molecular flexibility index (Phi) is 9.19. The summed E-state index contributed by atoms with van der Waals surface area (Å²) in [5.41, 5.74) is 6.27. The normalized spacial score (nSPS) is 15.2. The van der Waals surface area contributed by atoms with Crippen LogP contribution in [0.3, 0.4) is 0 Å². The smallest absolute Gasteiger partial charge is 0.230 e. The summed E-state index contributed by atoms with van der Waals surface area (Å²) in [4.78, 5) is 27.1. The Morgan fingerprint density at radius 2 is 1.74 bits per heavy atom. The van der Waals surface area contributed by atoms with Crippen LogP contribution in [0.1, 0.15) is 45.1 Å². The molecule has 1 fully saturated rings. The molecule has 1 aromatic carbocycles. The van der Waals surface area contributed by atoms with Crippen molar-refractivity contribution < 1.29 is 14.0 Å². The summed E-state index contributed by atoms with van der Waals surface area (Å²) in [5, 5.41) is 2.91. The molecule has 2 amide bonds. The van der Waals surface area contributed by atoms with E-state index >= 15 is 0 Å². The lowest BCUT2D eigenvalue weighted by Crippen LogP contribution is -2.51. The summed E-state index contributed by atoms with van der Waals surface area (Å²) in [5.74, 6) is -0.257. The van der Waals surface area contributed by atoms with E-state index in [0.29, 0.717) is 39.0 Å². The first-order valence-electron chi connectivity index (χ1n) is 9.47. The van der Waals surface area contributed by atoms with Crippen LogP contribution in [-0.2, 0) is 16.1 Å². The van der Waals surface area contributed by atoms with Crippen LogP contribution in [-0.4, -0.2) is 36.3 Å². The van der Waals surface area contributed by atoms with Crippen molar-refractivity contribution in [2.24, 2.45) is 17.1 Å². The fraction of sp³-hybridized carbons (Fsp3) is 0.600. The number of halogens is 2. The molecular weight excluding hydrogens is 369 g/mol. The van der Waals surface area contributed by atoms with E-state index in [9.17, 15) is 14.0 Å². The van der Waals surface area contributed by atoms with Crippen molar-refractivity contribution in [3.63, 3.8) is 0 Å². The molecule has 1 saturated heterocycles. The number of nitrogens with two attached hydrogens (primary N) is 1. The van der Waals surface area contributed by atoms with Crippen LogP contribution in [0, 0.1) is 17.2 Å². The number of amides is 2. The van der Waals surface area contributed by atoms with E-state index < -0.39 is 5.41 Å². The van der Waals surface area contributed by atoms with E-state index in [1.54, 1.807) is 12.1 Å². The SMILES string of the molecule is CCC(CC)(CN)C(=O)N1CCC(C(=O)NCc2ccc(F)cc2)CC1.Cl. The van der Waals surface area contributed by atoms with Crippen LogP contribution in [0.15, 0.2) is 24.3 Å². The van der Waals surface area contributed by atoms with Crippen molar-refractivity contribution in [3.8, 4) is 0 Å². The maximum Gasteiger partial charge on any atom is 0.230 e. The third kappa shape index (κ3) is 5.66. The molecule has 27 heavy (non-hydrogen) atoms. The Labute approximate surface area is 167 Å². The quantitative estimate of drug-likeness (QED) is 0.740. The van der Waals surface area contributed by atoms with Crippen LogP contribution in [0.25, 0.3) is 0 Å². The molecule has 0 bridgehead atoms. The van der Waals surface area contributed by atoms with E-state index in [1.807, 2.05) is 18.7 Å². The first kappa shape index (κ1) is 23.4. The number of likely N-dealkylation sites (tertiary alicyclic amines) is 1. The fourth-order valence-corrected chi connectivity index (χ4v) is 3.54. The molecule has 1 aliphatic heterocycles. The van der Waals surface area contributed by atoms with Gasteiger partial charge in [0.25, 0.3) is 0 Å². The van der Waals surface area contributed by atoms with E-state index in [-0.39, 0.29) is 36.0 Å². The molecule has 0 aromatic heterocycles. The molecule has 0 aliphatic carbocycles. The highest BCUT2D eigenvalue weighted by molar-refractivity contribution is 5.85. The highest BCUT2D eigenvalue weighted by Gasteiger charge is 2.38. The predicted molar refractivity (Wildman–Crippen MR) is 107 cm³/mol. The Bertz CT molecular complexity index is 604. The number of hydrogen-bond donors (Lipinski definition) is 2. The van der Waals surface area contributed by atoms with Gasteiger partial charge < -0.3 is 16.0 Å². The van der Waals surface area contributed by atoms with Gasteiger partial charge in [0.2, 0.25) is 11.8 Å². The standard InChI is InChI=1S/C20H30FN3O2.ClH/c1-3-20(4-2,14-22)19(26)24-11-9-16(10-12-24)18(25)23-13-15-5-7-17(21)8-6-15;/h5-8,16H,3-4,9-14,22H2,1-2H3,(H,23,25);1H. The summed E-state index contributed by atoms with van der Waals surface area (Å²) in [7, 11) is 0. The molecule has 0 unspecified atom stereocenters. The van der Waals surface area contributed by atoms with E-state index in [2.05, 4.69) is 5.32 Å². The second-order valence-electron chi connectivity index (χ2n) is 7.10. The minimum absolute atomic E-state index is 0. The van der Waals surface area contributed by atoms with Crippen molar-refractivity contribution in [2.45, 2.75) is 46.1 Å². The number of nitrogens with zero attached hydrogens (tertiary/aromatic N) is 1. The molecule has 0 atom stereocenters. The van der Waals surface area contributed by atoms with Gasteiger partial charge in [0, 0.05) is 32.1 Å². The molecule has 1 heterocycles. The summed E-state index contributed by atoms with van der Waals surface area (Å²) in [6, 6.07) is 6.10. The van der Waals surface area contributed by atoms with Gasteiger partial charge in [-0.15, -0.1) is 12.4 Å². The van der Waals surface area contributed by atoms with Crippen molar-refractivity contribution in [3.05, 3.63) is 35.6 Å². The molecule has 1 aliphatic rings. The van der Waals surface area contributed by atoms with Crippen LogP contribution >= 0.6 is 12.4 Å². The summed E-state index contributed by atoms with van der Waals surface area (Å²) in [6.45, 7) is 5.94. The molecule has 0 saturated carbocycles. The van der Waals surface area contributed by atoms with Crippen molar-refractivity contribution in [1.29, 1.82) is 0 Å². The Morgan fingerprint density at radius 1 is 1.19 bits per heavy atom.